The summed E-state index contributed by atoms with van der Waals surface area (Å²) < 4.78 is 4.69. The fourth-order valence-corrected chi connectivity index (χ4v) is 1.78. The highest BCUT2D eigenvalue weighted by Crippen LogP contribution is 2.15. The first kappa shape index (κ1) is 13.5. The van der Waals surface area contributed by atoms with Gasteiger partial charge >= 0.3 is 5.97 Å². The zero-order chi connectivity index (χ0) is 11.0. The lowest BCUT2D eigenvalue weighted by Crippen LogP contribution is -2.15. The van der Waals surface area contributed by atoms with E-state index in [2.05, 4.69) is 0 Å². The zero-order valence-electron chi connectivity index (χ0n) is 9.04. The van der Waals surface area contributed by atoms with Crippen LogP contribution in [0, 0.1) is 0 Å². The Morgan fingerprint density at radius 2 is 2.00 bits per heavy atom. The maximum absolute atomic E-state index is 11.3. The van der Waals surface area contributed by atoms with E-state index >= 15 is 0 Å². The van der Waals surface area contributed by atoms with Gasteiger partial charge < -0.3 is 4.74 Å². The average molecular weight is 218 g/mol. The maximum Gasteiger partial charge on any atom is 0.313 e. The summed E-state index contributed by atoms with van der Waals surface area (Å²) >= 11 is 1.67. The molecule has 4 heteroatoms. The van der Waals surface area contributed by atoms with Gasteiger partial charge in [-0.25, -0.2) is 0 Å². The van der Waals surface area contributed by atoms with E-state index < -0.39 is 5.97 Å². The first-order valence-corrected chi connectivity index (χ1v) is 6.12. The molecule has 1 atom stereocenters. The molecule has 0 aromatic rings. The summed E-state index contributed by atoms with van der Waals surface area (Å²) in [5, 5.41) is 0.330. The summed E-state index contributed by atoms with van der Waals surface area (Å²) in [5.41, 5.74) is 0. The van der Waals surface area contributed by atoms with Crippen LogP contribution in [0.1, 0.15) is 33.1 Å². The van der Waals surface area contributed by atoms with E-state index in [1.165, 1.54) is 0 Å². The van der Waals surface area contributed by atoms with Gasteiger partial charge in [-0.1, -0.05) is 6.92 Å². The standard InChI is InChI=1S/C10H18O3S/c1-4-9(14-3)6-8(11)7-10(12)13-5-2/h9H,4-7H2,1-3H3. The summed E-state index contributed by atoms with van der Waals surface area (Å²) in [5.74, 6) is -0.432. The Hall–Kier alpha value is -0.510. The van der Waals surface area contributed by atoms with E-state index in [9.17, 15) is 9.59 Å². The van der Waals surface area contributed by atoms with E-state index in [0.29, 0.717) is 18.3 Å². The van der Waals surface area contributed by atoms with Crippen LogP contribution >= 0.6 is 11.8 Å². The number of ketones is 1. The SMILES string of the molecule is CCOC(=O)CC(=O)CC(CC)SC. The lowest BCUT2D eigenvalue weighted by Gasteiger charge is -2.09. The van der Waals surface area contributed by atoms with Crippen LogP contribution in [0.25, 0.3) is 0 Å². The Morgan fingerprint density at radius 1 is 1.36 bits per heavy atom. The maximum atomic E-state index is 11.3. The number of ether oxygens (including phenoxy) is 1. The first-order valence-electron chi connectivity index (χ1n) is 4.84. The first-order chi connectivity index (χ1) is 6.63. The number of thioether (sulfide) groups is 1. The van der Waals surface area contributed by atoms with Gasteiger partial charge in [-0.2, -0.15) is 11.8 Å². The van der Waals surface area contributed by atoms with Gasteiger partial charge in [0.25, 0.3) is 0 Å². The molecule has 0 aromatic heterocycles. The molecule has 0 saturated carbocycles. The van der Waals surface area contributed by atoms with Gasteiger partial charge in [-0.15, -0.1) is 0 Å². The highest BCUT2D eigenvalue weighted by Gasteiger charge is 2.14. The monoisotopic (exact) mass is 218 g/mol. The summed E-state index contributed by atoms with van der Waals surface area (Å²) in [6, 6.07) is 0. The minimum absolute atomic E-state index is 0.0235. The van der Waals surface area contributed by atoms with Gasteiger partial charge in [0, 0.05) is 11.7 Å². The number of esters is 1. The highest BCUT2D eigenvalue weighted by atomic mass is 32.2. The normalized spacial score (nSPS) is 12.2. The largest absolute Gasteiger partial charge is 0.466 e. The third-order valence-corrected chi connectivity index (χ3v) is 3.06. The van der Waals surface area contributed by atoms with E-state index in [4.69, 9.17) is 4.74 Å². The average Bonchev–Trinajstić information content (AvgIpc) is 2.14. The van der Waals surface area contributed by atoms with Crippen LogP contribution in [0.15, 0.2) is 0 Å². The van der Waals surface area contributed by atoms with Crippen LogP contribution in [0.4, 0.5) is 0 Å². The van der Waals surface area contributed by atoms with Crippen molar-refractivity contribution in [1.82, 2.24) is 0 Å². The number of Topliss-reactive ketones (excluding diaryl/α,β-unsaturated/α-hetero) is 1. The van der Waals surface area contributed by atoms with Crippen LogP contribution < -0.4 is 0 Å². The van der Waals surface area contributed by atoms with Crippen molar-refractivity contribution in [3.8, 4) is 0 Å². The van der Waals surface area contributed by atoms with Gasteiger partial charge in [0.15, 0.2) is 0 Å². The zero-order valence-corrected chi connectivity index (χ0v) is 9.86. The van der Waals surface area contributed by atoms with Crippen LogP contribution in [-0.4, -0.2) is 29.9 Å². The predicted molar refractivity (Wildman–Crippen MR) is 58.5 cm³/mol. The third kappa shape index (κ3) is 6.02. The van der Waals surface area contributed by atoms with Gasteiger partial charge in [0.1, 0.15) is 12.2 Å². The van der Waals surface area contributed by atoms with Gasteiger partial charge in [0.2, 0.25) is 0 Å². The van der Waals surface area contributed by atoms with Crippen LogP contribution in [0.3, 0.4) is 0 Å². The topological polar surface area (TPSA) is 43.4 Å². The fraction of sp³-hybridized carbons (Fsp3) is 0.800. The van der Waals surface area contributed by atoms with Crippen LogP contribution in [0.2, 0.25) is 0 Å². The predicted octanol–water partition coefficient (Wildman–Crippen LogP) is 2.04. The van der Waals surface area contributed by atoms with E-state index in [1.807, 2.05) is 13.2 Å². The summed E-state index contributed by atoms with van der Waals surface area (Å²) in [7, 11) is 0. The molecule has 0 amide bonds. The second kappa shape index (κ2) is 7.85. The molecule has 0 heterocycles. The molecule has 14 heavy (non-hydrogen) atoms. The van der Waals surface area contributed by atoms with Gasteiger partial charge in [-0.3, -0.25) is 9.59 Å². The molecule has 0 saturated heterocycles. The molecular weight excluding hydrogens is 200 g/mol. The molecule has 0 N–H and O–H groups in total. The number of hydrogen-bond acceptors (Lipinski definition) is 4. The van der Waals surface area contributed by atoms with E-state index in [0.717, 1.165) is 6.42 Å². The molecule has 0 aliphatic carbocycles. The van der Waals surface area contributed by atoms with Crippen molar-refractivity contribution in [2.24, 2.45) is 0 Å². The van der Waals surface area contributed by atoms with Crippen molar-refractivity contribution >= 4 is 23.5 Å². The molecule has 0 radical (unpaired) electrons. The Balaban J connectivity index is 3.79. The number of carbonyl (C=O) groups excluding carboxylic acids is 2. The molecule has 0 rings (SSSR count). The van der Waals surface area contributed by atoms with Gasteiger partial charge in [-0.05, 0) is 19.6 Å². The number of rotatable bonds is 7. The Morgan fingerprint density at radius 3 is 2.43 bits per heavy atom. The highest BCUT2D eigenvalue weighted by molar-refractivity contribution is 7.99. The van der Waals surface area contributed by atoms with Crippen molar-refractivity contribution in [2.45, 2.75) is 38.4 Å². The van der Waals surface area contributed by atoms with Crippen LogP contribution in [0.5, 0.6) is 0 Å². The lowest BCUT2D eigenvalue weighted by atomic mass is 10.1. The van der Waals surface area contributed by atoms with Gasteiger partial charge in [0.05, 0.1) is 6.61 Å². The Kier molecular flexibility index (Phi) is 7.57. The third-order valence-electron chi connectivity index (χ3n) is 1.89. The molecular formula is C10H18O3S. The molecule has 1 unspecified atom stereocenters. The van der Waals surface area contributed by atoms with Crippen molar-refractivity contribution in [3.63, 3.8) is 0 Å². The Bertz CT molecular complexity index is 188. The molecule has 0 aliphatic heterocycles. The summed E-state index contributed by atoms with van der Waals surface area (Å²) in [4.78, 5) is 22.3. The minimum atomic E-state index is -0.409. The smallest absolute Gasteiger partial charge is 0.313 e. The second-order valence-corrected chi connectivity index (χ2v) is 4.13. The van der Waals surface area contributed by atoms with E-state index in [1.54, 1.807) is 18.7 Å². The second-order valence-electron chi connectivity index (χ2n) is 2.99. The van der Waals surface area contributed by atoms with Crippen LogP contribution in [-0.2, 0) is 14.3 Å². The number of hydrogen-bond donors (Lipinski definition) is 0. The van der Waals surface area contributed by atoms with Crippen molar-refractivity contribution in [3.05, 3.63) is 0 Å². The molecule has 0 fully saturated rings. The molecule has 0 bridgehead atoms. The quantitative estimate of drug-likeness (QED) is 0.484. The van der Waals surface area contributed by atoms with Crippen molar-refractivity contribution in [1.29, 1.82) is 0 Å². The molecule has 0 aliphatic rings. The van der Waals surface area contributed by atoms with Crippen molar-refractivity contribution < 1.29 is 14.3 Å². The molecule has 0 spiro atoms. The Labute approximate surface area is 89.6 Å². The molecule has 82 valence electrons. The molecule has 0 aromatic carbocycles. The summed E-state index contributed by atoms with van der Waals surface area (Å²) in [6.07, 6.45) is 3.32. The fourth-order valence-electron chi connectivity index (χ4n) is 1.09. The minimum Gasteiger partial charge on any atom is -0.466 e. The van der Waals surface area contributed by atoms with Crippen molar-refractivity contribution in [2.75, 3.05) is 12.9 Å². The van der Waals surface area contributed by atoms with E-state index in [-0.39, 0.29) is 12.2 Å². The molecule has 3 nitrogen and oxygen atoms in total. The summed E-state index contributed by atoms with van der Waals surface area (Å²) in [6.45, 7) is 4.11. The number of carbonyl (C=O) groups is 2. The lowest BCUT2D eigenvalue weighted by molar-refractivity contribution is -0.145.